The van der Waals surface area contributed by atoms with Crippen molar-refractivity contribution in [3.63, 3.8) is 0 Å². The maximum Gasteiger partial charge on any atom is 0.277 e. The molecule has 0 atom stereocenters. The fourth-order valence-electron chi connectivity index (χ4n) is 2.92. The van der Waals surface area contributed by atoms with Crippen LogP contribution >= 0.6 is 11.8 Å². The zero-order valence-corrected chi connectivity index (χ0v) is 15.5. The molecule has 0 spiro atoms. The fraction of sp³-hybridized carbons (Fsp3) is 0.263. The van der Waals surface area contributed by atoms with Gasteiger partial charge in [0, 0.05) is 30.7 Å². The molecule has 0 radical (unpaired) electrons. The number of aromatic nitrogens is 3. The summed E-state index contributed by atoms with van der Waals surface area (Å²) >= 11 is 1.20. The van der Waals surface area contributed by atoms with Crippen molar-refractivity contribution in [1.82, 2.24) is 15.2 Å². The Labute approximate surface area is 161 Å². The molecule has 138 valence electrons. The van der Waals surface area contributed by atoms with E-state index in [2.05, 4.69) is 25.4 Å². The first kappa shape index (κ1) is 17.5. The highest BCUT2D eigenvalue weighted by molar-refractivity contribution is 7.99. The van der Waals surface area contributed by atoms with Crippen molar-refractivity contribution in [2.45, 2.75) is 18.1 Å². The third kappa shape index (κ3) is 4.46. The van der Waals surface area contributed by atoms with Crippen LogP contribution in [0.15, 0.2) is 58.3 Å². The number of hydrogen-bond donors (Lipinski definition) is 1. The fourth-order valence-corrected chi connectivity index (χ4v) is 3.48. The van der Waals surface area contributed by atoms with Crippen LogP contribution in [0.4, 0.5) is 11.4 Å². The Kier molecular flexibility index (Phi) is 5.34. The summed E-state index contributed by atoms with van der Waals surface area (Å²) in [5.74, 6) is 0.417. The highest BCUT2D eigenvalue weighted by Crippen LogP contribution is 2.23. The lowest BCUT2D eigenvalue weighted by Gasteiger charge is -2.17. The molecule has 27 heavy (non-hydrogen) atoms. The molecule has 1 aromatic carbocycles. The predicted octanol–water partition coefficient (Wildman–Crippen LogP) is 3.46. The van der Waals surface area contributed by atoms with E-state index in [1.807, 2.05) is 36.4 Å². The normalized spacial score (nSPS) is 13.7. The summed E-state index contributed by atoms with van der Waals surface area (Å²) in [6.07, 6.45) is 4.15. The third-order valence-corrected chi connectivity index (χ3v) is 5.06. The molecule has 7 nitrogen and oxygen atoms in total. The number of thioether (sulfide) groups is 1. The van der Waals surface area contributed by atoms with E-state index in [0.29, 0.717) is 16.8 Å². The monoisotopic (exact) mass is 381 g/mol. The number of anilines is 2. The predicted molar refractivity (Wildman–Crippen MR) is 105 cm³/mol. The van der Waals surface area contributed by atoms with Crippen LogP contribution in [0.2, 0.25) is 0 Å². The number of nitrogens with zero attached hydrogens (tertiary/aromatic N) is 4. The topological polar surface area (TPSA) is 84.1 Å². The van der Waals surface area contributed by atoms with Gasteiger partial charge in [0.15, 0.2) is 0 Å². The number of amides is 1. The Morgan fingerprint density at radius 2 is 1.93 bits per heavy atom. The second-order valence-corrected chi connectivity index (χ2v) is 7.09. The second-order valence-electron chi connectivity index (χ2n) is 6.17. The number of carbonyl (C=O) groups is 1. The van der Waals surface area contributed by atoms with Crippen LogP contribution in [0, 0.1) is 0 Å². The van der Waals surface area contributed by atoms with Crippen LogP contribution in [-0.2, 0) is 4.79 Å². The van der Waals surface area contributed by atoms with E-state index in [1.54, 1.807) is 12.3 Å². The molecule has 3 aromatic rings. The number of benzene rings is 1. The second kappa shape index (κ2) is 8.22. The zero-order valence-electron chi connectivity index (χ0n) is 14.7. The summed E-state index contributed by atoms with van der Waals surface area (Å²) in [6, 6.07) is 13.4. The van der Waals surface area contributed by atoms with Gasteiger partial charge in [-0.05, 0) is 49.2 Å². The Balaban J connectivity index is 1.29. The molecule has 3 heterocycles. The summed E-state index contributed by atoms with van der Waals surface area (Å²) in [7, 11) is 0. The molecule has 0 unspecified atom stereocenters. The van der Waals surface area contributed by atoms with E-state index in [1.165, 1.54) is 30.3 Å². The van der Waals surface area contributed by atoms with Gasteiger partial charge in [-0.1, -0.05) is 17.8 Å². The van der Waals surface area contributed by atoms with Crippen LogP contribution in [0.5, 0.6) is 0 Å². The van der Waals surface area contributed by atoms with Crippen LogP contribution in [0.25, 0.3) is 11.6 Å². The first-order chi connectivity index (χ1) is 13.3. The van der Waals surface area contributed by atoms with Gasteiger partial charge in [-0.2, -0.15) is 0 Å². The first-order valence-corrected chi connectivity index (χ1v) is 9.79. The van der Waals surface area contributed by atoms with Crippen molar-refractivity contribution in [2.24, 2.45) is 0 Å². The van der Waals surface area contributed by atoms with Crippen LogP contribution in [0.1, 0.15) is 12.8 Å². The van der Waals surface area contributed by atoms with Gasteiger partial charge in [-0.3, -0.25) is 9.78 Å². The number of nitrogens with one attached hydrogen (secondary N) is 1. The molecule has 0 bridgehead atoms. The number of hydrogen-bond acceptors (Lipinski definition) is 7. The van der Waals surface area contributed by atoms with Crippen molar-refractivity contribution in [3.05, 3.63) is 48.7 Å². The molecule has 1 amide bonds. The molecular weight excluding hydrogens is 362 g/mol. The van der Waals surface area contributed by atoms with Crippen molar-refractivity contribution in [3.8, 4) is 11.6 Å². The van der Waals surface area contributed by atoms with Crippen molar-refractivity contribution < 1.29 is 9.21 Å². The Morgan fingerprint density at radius 3 is 2.67 bits per heavy atom. The highest BCUT2D eigenvalue weighted by atomic mass is 32.2. The van der Waals surface area contributed by atoms with E-state index in [-0.39, 0.29) is 11.7 Å². The molecule has 1 fully saturated rings. The van der Waals surface area contributed by atoms with E-state index in [4.69, 9.17) is 4.42 Å². The van der Waals surface area contributed by atoms with E-state index >= 15 is 0 Å². The van der Waals surface area contributed by atoms with Crippen LogP contribution in [-0.4, -0.2) is 39.9 Å². The number of rotatable bonds is 6. The molecule has 2 aromatic heterocycles. The number of pyridine rings is 1. The van der Waals surface area contributed by atoms with Gasteiger partial charge in [-0.15, -0.1) is 10.2 Å². The first-order valence-electron chi connectivity index (χ1n) is 8.80. The van der Waals surface area contributed by atoms with Gasteiger partial charge in [0.05, 0.1) is 5.75 Å². The van der Waals surface area contributed by atoms with Gasteiger partial charge in [0.2, 0.25) is 5.91 Å². The number of carbonyl (C=O) groups excluding carboxylic acids is 1. The summed E-state index contributed by atoms with van der Waals surface area (Å²) in [6.45, 7) is 2.21. The molecule has 1 aliphatic rings. The van der Waals surface area contributed by atoms with Crippen molar-refractivity contribution in [1.29, 1.82) is 0 Å². The molecule has 1 aliphatic heterocycles. The molecule has 1 N–H and O–H groups in total. The van der Waals surface area contributed by atoms with Gasteiger partial charge in [-0.25, -0.2) is 0 Å². The van der Waals surface area contributed by atoms with Crippen molar-refractivity contribution >= 4 is 29.0 Å². The van der Waals surface area contributed by atoms with Crippen LogP contribution in [0.3, 0.4) is 0 Å². The summed E-state index contributed by atoms with van der Waals surface area (Å²) in [5.41, 5.74) is 2.59. The Hall–Kier alpha value is -2.87. The average molecular weight is 381 g/mol. The molecule has 0 saturated carbocycles. The molecule has 0 aliphatic carbocycles. The third-order valence-electron chi connectivity index (χ3n) is 4.24. The van der Waals surface area contributed by atoms with Gasteiger partial charge in [0.25, 0.3) is 11.1 Å². The summed E-state index contributed by atoms with van der Waals surface area (Å²) in [5, 5.41) is 11.1. The minimum atomic E-state index is -0.119. The molecule has 8 heteroatoms. The standard InChI is InChI=1S/C19H19N5O2S/c25-17(21-14-6-8-15(9-7-14)24-11-3-4-12-24)13-27-19-23-22-18(26-19)16-5-1-2-10-20-16/h1-2,5-10H,3-4,11-13H2,(H,21,25). The van der Waals surface area contributed by atoms with Crippen LogP contribution < -0.4 is 10.2 Å². The lowest BCUT2D eigenvalue weighted by atomic mass is 10.2. The highest BCUT2D eigenvalue weighted by Gasteiger charge is 2.13. The lowest BCUT2D eigenvalue weighted by Crippen LogP contribution is -2.18. The minimum Gasteiger partial charge on any atom is -0.410 e. The largest absolute Gasteiger partial charge is 0.410 e. The maximum atomic E-state index is 12.2. The minimum absolute atomic E-state index is 0.119. The zero-order chi connectivity index (χ0) is 18.5. The van der Waals surface area contributed by atoms with E-state index in [9.17, 15) is 4.79 Å². The van der Waals surface area contributed by atoms with Crippen molar-refractivity contribution in [2.75, 3.05) is 29.1 Å². The van der Waals surface area contributed by atoms with E-state index in [0.717, 1.165) is 18.8 Å². The molecule has 1 saturated heterocycles. The average Bonchev–Trinajstić information content (AvgIpc) is 3.40. The smallest absolute Gasteiger partial charge is 0.277 e. The van der Waals surface area contributed by atoms with Gasteiger partial charge < -0.3 is 14.6 Å². The Morgan fingerprint density at radius 1 is 1.11 bits per heavy atom. The molecular formula is C19H19N5O2S. The quantitative estimate of drug-likeness (QED) is 0.655. The lowest BCUT2D eigenvalue weighted by molar-refractivity contribution is -0.113. The maximum absolute atomic E-state index is 12.2. The SMILES string of the molecule is O=C(CSc1nnc(-c2ccccn2)o1)Nc1ccc(N2CCCC2)cc1. The summed E-state index contributed by atoms with van der Waals surface area (Å²) < 4.78 is 5.54. The Bertz CT molecular complexity index is 892. The van der Waals surface area contributed by atoms with Gasteiger partial charge >= 0.3 is 0 Å². The summed E-state index contributed by atoms with van der Waals surface area (Å²) in [4.78, 5) is 18.7. The molecule has 4 rings (SSSR count). The van der Waals surface area contributed by atoms with Gasteiger partial charge in [0.1, 0.15) is 5.69 Å². The van der Waals surface area contributed by atoms with E-state index < -0.39 is 0 Å².